The van der Waals surface area contributed by atoms with E-state index in [9.17, 15) is 10.1 Å². The van der Waals surface area contributed by atoms with Crippen LogP contribution in [0.2, 0.25) is 0 Å². The summed E-state index contributed by atoms with van der Waals surface area (Å²) in [5, 5.41) is 10.5. The van der Waals surface area contributed by atoms with Crippen molar-refractivity contribution < 1.29 is 4.92 Å². The molecule has 0 fully saturated rings. The molecule has 4 N–H and O–H groups in total. The molecule has 0 aromatic heterocycles. The highest BCUT2D eigenvalue weighted by Gasteiger charge is 2.09. The first-order valence-corrected chi connectivity index (χ1v) is 5.26. The summed E-state index contributed by atoms with van der Waals surface area (Å²) in [5.41, 5.74) is 12.6. The Bertz CT molecular complexity index is 349. The van der Waals surface area contributed by atoms with Gasteiger partial charge in [-0.2, -0.15) is 0 Å². The predicted molar refractivity (Wildman–Crippen MR) is 62.9 cm³/mol. The third kappa shape index (κ3) is 3.60. The van der Waals surface area contributed by atoms with Crippen molar-refractivity contribution in [3.63, 3.8) is 0 Å². The van der Waals surface area contributed by atoms with Crippen LogP contribution in [-0.2, 0) is 0 Å². The molecule has 0 radical (unpaired) electrons. The summed E-state index contributed by atoms with van der Waals surface area (Å²) in [6.45, 7) is 1.93. The molecular formula is C11H17N3O2. The van der Waals surface area contributed by atoms with Gasteiger partial charge >= 0.3 is 0 Å². The molecule has 1 aromatic rings. The lowest BCUT2D eigenvalue weighted by molar-refractivity contribution is -0.384. The minimum absolute atomic E-state index is 0.0862. The molecular weight excluding hydrogens is 206 g/mol. The first-order valence-electron chi connectivity index (χ1n) is 5.26. The Morgan fingerprint density at radius 3 is 2.25 bits per heavy atom. The van der Waals surface area contributed by atoms with E-state index in [1.807, 2.05) is 6.92 Å². The zero-order valence-corrected chi connectivity index (χ0v) is 9.30. The Labute approximate surface area is 94.6 Å². The van der Waals surface area contributed by atoms with Crippen LogP contribution in [-0.4, -0.2) is 11.0 Å². The molecule has 16 heavy (non-hydrogen) atoms. The third-order valence-corrected chi connectivity index (χ3v) is 2.47. The monoisotopic (exact) mass is 223 g/mol. The van der Waals surface area contributed by atoms with E-state index in [0.717, 1.165) is 18.4 Å². The van der Waals surface area contributed by atoms with Gasteiger partial charge in [-0.1, -0.05) is 12.1 Å². The van der Waals surface area contributed by atoms with Crippen molar-refractivity contribution in [1.82, 2.24) is 0 Å². The number of nitro groups is 1. The second-order valence-electron chi connectivity index (χ2n) is 4.01. The Hall–Kier alpha value is -1.46. The van der Waals surface area contributed by atoms with Gasteiger partial charge in [0.25, 0.3) is 5.69 Å². The van der Waals surface area contributed by atoms with Crippen LogP contribution in [0.15, 0.2) is 24.3 Å². The smallest absolute Gasteiger partial charge is 0.269 e. The number of hydrogen-bond acceptors (Lipinski definition) is 4. The number of hydrogen-bond donors (Lipinski definition) is 2. The molecule has 5 nitrogen and oxygen atoms in total. The van der Waals surface area contributed by atoms with Crippen LogP contribution >= 0.6 is 0 Å². The fourth-order valence-electron chi connectivity index (χ4n) is 1.45. The van der Waals surface area contributed by atoms with Crippen molar-refractivity contribution in [3.05, 3.63) is 39.9 Å². The van der Waals surface area contributed by atoms with Crippen LogP contribution in [0.3, 0.4) is 0 Å². The molecule has 2 unspecified atom stereocenters. The normalized spacial score (nSPS) is 14.4. The van der Waals surface area contributed by atoms with Gasteiger partial charge < -0.3 is 11.5 Å². The molecule has 5 heteroatoms. The SMILES string of the molecule is CC(N)CCC(N)c1ccc([N+](=O)[O-])cc1. The van der Waals surface area contributed by atoms with E-state index in [2.05, 4.69) is 0 Å². The number of rotatable bonds is 5. The second kappa shape index (κ2) is 5.58. The maximum Gasteiger partial charge on any atom is 0.269 e. The number of nitrogens with two attached hydrogens (primary N) is 2. The summed E-state index contributed by atoms with van der Waals surface area (Å²) in [6.07, 6.45) is 1.63. The Morgan fingerprint density at radius 1 is 1.25 bits per heavy atom. The van der Waals surface area contributed by atoms with E-state index in [-0.39, 0.29) is 17.8 Å². The first-order chi connectivity index (χ1) is 7.50. The highest BCUT2D eigenvalue weighted by Crippen LogP contribution is 2.19. The third-order valence-electron chi connectivity index (χ3n) is 2.47. The van der Waals surface area contributed by atoms with Crippen molar-refractivity contribution in [3.8, 4) is 0 Å². The van der Waals surface area contributed by atoms with Crippen LogP contribution in [0, 0.1) is 10.1 Å². The zero-order chi connectivity index (χ0) is 12.1. The van der Waals surface area contributed by atoms with Gasteiger partial charge in [-0.3, -0.25) is 10.1 Å². The molecule has 2 atom stereocenters. The maximum absolute atomic E-state index is 10.5. The molecule has 88 valence electrons. The van der Waals surface area contributed by atoms with Gasteiger partial charge in [0.15, 0.2) is 0 Å². The highest BCUT2D eigenvalue weighted by atomic mass is 16.6. The highest BCUT2D eigenvalue weighted by molar-refractivity contribution is 5.34. The van der Waals surface area contributed by atoms with E-state index in [1.165, 1.54) is 12.1 Å². The first kappa shape index (κ1) is 12.6. The van der Waals surface area contributed by atoms with Crippen LogP contribution in [0.5, 0.6) is 0 Å². The summed E-state index contributed by atoms with van der Waals surface area (Å²) in [5.74, 6) is 0. The lowest BCUT2D eigenvalue weighted by Crippen LogP contribution is -2.18. The summed E-state index contributed by atoms with van der Waals surface area (Å²) in [7, 11) is 0. The van der Waals surface area contributed by atoms with Crippen molar-refractivity contribution >= 4 is 5.69 Å². The molecule has 1 rings (SSSR count). The van der Waals surface area contributed by atoms with Crippen molar-refractivity contribution in [2.24, 2.45) is 11.5 Å². The zero-order valence-electron chi connectivity index (χ0n) is 9.30. The lowest BCUT2D eigenvalue weighted by atomic mass is 10.0. The van der Waals surface area contributed by atoms with Crippen LogP contribution in [0.25, 0.3) is 0 Å². The molecule has 1 aromatic carbocycles. The van der Waals surface area contributed by atoms with Gasteiger partial charge in [0.1, 0.15) is 0 Å². The Kier molecular flexibility index (Phi) is 4.39. The Balaban J connectivity index is 2.63. The molecule has 0 aliphatic rings. The van der Waals surface area contributed by atoms with E-state index in [1.54, 1.807) is 12.1 Å². The van der Waals surface area contributed by atoms with Crippen molar-refractivity contribution in [1.29, 1.82) is 0 Å². The molecule has 0 saturated carbocycles. The number of non-ortho nitro benzene ring substituents is 1. The molecule has 0 aliphatic heterocycles. The van der Waals surface area contributed by atoms with E-state index in [4.69, 9.17) is 11.5 Å². The minimum atomic E-state index is -0.419. The predicted octanol–water partition coefficient (Wildman–Crippen LogP) is 1.72. The van der Waals surface area contributed by atoms with Crippen LogP contribution < -0.4 is 11.5 Å². The molecule has 0 saturated heterocycles. The van der Waals surface area contributed by atoms with E-state index < -0.39 is 4.92 Å². The van der Waals surface area contributed by atoms with Gasteiger partial charge in [0.05, 0.1) is 4.92 Å². The molecule has 0 bridgehead atoms. The minimum Gasteiger partial charge on any atom is -0.328 e. The average Bonchev–Trinajstić information content (AvgIpc) is 2.26. The van der Waals surface area contributed by atoms with E-state index >= 15 is 0 Å². The van der Waals surface area contributed by atoms with Crippen molar-refractivity contribution in [2.45, 2.75) is 31.8 Å². The Morgan fingerprint density at radius 2 is 1.81 bits per heavy atom. The largest absolute Gasteiger partial charge is 0.328 e. The van der Waals surface area contributed by atoms with Gasteiger partial charge in [-0.15, -0.1) is 0 Å². The second-order valence-corrected chi connectivity index (χ2v) is 4.01. The lowest BCUT2D eigenvalue weighted by Gasteiger charge is -2.13. The fraction of sp³-hybridized carbons (Fsp3) is 0.455. The molecule has 0 heterocycles. The van der Waals surface area contributed by atoms with E-state index in [0.29, 0.717) is 0 Å². The molecule has 0 spiro atoms. The topological polar surface area (TPSA) is 95.2 Å². The number of nitro benzene ring substituents is 1. The molecule has 0 aliphatic carbocycles. The van der Waals surface area contributed by atoms with Gasteiger partial charge in [0.2, 0.25) is 0 Å². The average molecular weight is 223 g/mol. The number of nitrogens with zero attached hydrogens (tertiary/aromatic N) is 1. The molecule has 0 amide bonds. The number of benzene rings is 1. The maximum atomic E-state index is 10.5. The summed E-state index contributed by atoms with van der Waals surface area (Å²) in [4.78, 5) is 10.0. The fourth-order valence-corrected chi connectivity index (χ4v) is 1.45. The quantitative estimate of drug-likeness (QED) is 0.587. The van der Waals surface area contributed by atoms with Gasteiger partial charge in [0, 0.05) is 24.2 Å². The van der Waals surface area contributed by atoms with Gasteiger partial charge in [-0.25, -0.2) is 0 Å². The summed E-state index contributed by atoms with van der Waals surface area (Å²) >= 11 is 0. The van der Waals surface area contributed by atoms with Crippen molar-refractivity contribution in [2.75, 3.05) is 0 Å². The van der Waals surface area contributed by atoms with Crippen LogP contribution in [0.4, 0.5) is 5.69 Å². The van der Waals surface area contributed by atoms with Crippen LogP contribution in [0.1, 0.15) is 31.4 Å². The summed E-state index contributed by atoms with van der Waals surface area (Å²) in [6, 6.07) is 6.37. The standard InChI is InChI=1S/C11H17N3O2/c1-8(12)2-7-11(13)9-3-5-10(6-4-9)14(15)16/h3-6,8,11H,2,7,12-13H2,1H3. The summed E-state index contributed by atoms with van der Waals surface area (Å²) < 4.78 is 0. The van der Waals surface area contributed by atoms with Gasteiger partial charge in [-0.05, 0) is 25.3 Å².